The van der Waals surface area contributed by atoms with E-state index in [-0.39, 0.29) is 17.4 Å². The molecular weight excluding hydrogens is 322 g/mol. The van der Waals surface area contributed by atoms with Gasteiger partial charge in [0, 0.05) is 12.5 Å². The van der Waals surface area contributed by atoms with E-state index in [4.69, 9.17) is 4.74 Å². The van der Waals surface area contributed by atoms with E-state index in [1.807, 2.05) is 37.3 Å². The van der Waals surface area contributed by atoms with Gasteiger partial charge in [0.1, 0.15) is 5.41 Å². The summed E-state index contributed by atoms with van der Waals surface area (Å²) in [5, 5.41) is 9.02. The predicted molar refractivity (Wildman–Crippen MR) is 91.1 cm³/mol. The zero-order valence-electron chi connectivity index (χ0n) is 13.4. The van der Waals surface area contributed by atoms with E-state index in [1.54, 1.807) is 30.3 Å². The minimum atomic E-state index is -3.62. The van der Waals surface area contributed by atoms with E-state index >= 15 is 0 Å². The molecule has 0 spiro atoms. The Morgan fingerprint density at radius 3 is 2.21 bits per heavy atom. The average Bonchev–Trinajstić information content (AvgIpc) is 3.32. The number of hydrogen-bond acceptors (Lipinski definition) is 4. The standard InChI is InChI=1S/C19H19NO3S/c1-2-23-14-19(13-20)17(15-9-5-3-6-10-15)18(19)24(21,22)16-11-7-4-8-12-16/h3-12,17-18H,2,14H2,1H3/t17-,18-,19-/m1/s1. The lowest BCUT2D eigenvalue weighted by Crippen LogP contribution is -2.19. The Hall–Kier alpha value is -2.16. The average molecular weight is 341 g/mol. The van der Waals surface area contributed by atoms with Gasteiger partial charge in [0.15, 0.2) is 9.84 Å². The molecule has 1 saturated carbocycles. The summed E-state index contributed by atoms with van der Waals surface area (Å²) in [5.41, 5.74) is -0.172. The molecule has 0 saturated heterocycles. The maximum Gasteiger partial charge on any atom is 0.183 e. The maximum absolute atomic E-state index is 13.1. The summed E-state index contributed by atoms with van der Waals surface area (Å²) in [6.07, 6.45) is 0. The van der Waals surface area contributed by atoms with Gasteiger partial charge in [-0.25, -0.2) is 8.42 Å². The van der Waals surface area contributed by atoms with Crippen molar-refractivity contribution in [1.82, 2.24) is 0 Å². The number of sulfone groups is 1. The normalized spacial score (nSPS) is 25.8. The van der Waals surface area contributed by atoms with Crippen LogP contribution < -0.4 is 0 Å². The Morgan fingerprint density at radius 2 is 1.67 bits per heavy atom. The van der Waals surface area contributed by atoms with Gasteiger partial charge in [-0.15, -0.1) is 0 Å². The Balaban J connectivity index is 2.06. The molecule has 0 radical (unpaired) electrons. The molecule has 0 heterocycles. The molecule has 0 aliphatic heterocycles. The van der Waals surface area contributed by atoms with Crippen LogP contribution in [0.4, 0.5) is 0 Å². The largest absolute Gasteiger partial charge is 0.380 e. The van der Waals surface area contributed by atoms with Crippen LogP contribution in [0.2, 0.25) is 0 Å². The van der Waals surface area contributed by atoms with E-state index in [2.05, 4.69) is 6.07 Å². The topological polar surface area (TPSA) is 67.2 Å². The summed E-state index contributed by atoms with van der Waals surface area (Å²) in [6, 6.07) is 20.0. The third-order valence-corrected chi connectivity index (χ3v) is 6.86. The highest BCUT2D eigenvalue weighted by Crippen LogP contribution is 2.63. The highest BCUT2D eigenvalue weighted by molar-refractivity contribution is 7.92. The minimum Gasteiger partial charge on any atom is -0.380 e. The molecule has 3 rings (SSSR count). The van der Waals surface area contributed by atoms with Crippen molar-refractivity contribution in [3.63, 3.8) is 0 Å². The third kappa shape index (κ3) is 2.62. The molecule has 0 amide bonds. The van der Waals surface area contributed by atoms with E-state index in [9.17, 15) is 13.7 Å². The molecule has 1 aliphatic carbocycles. The molecule has 5 heteroatoms. The van der Waals surface area contributed by atoms with Crippen molar-refractivity contribution in [2.45, 2.75) is 23.0 Å². The van der Waals surface area contributed by atoms with Gasteiger partial charge in [0.2, 0.25) is 0 Å². The van der Waals surface area contributed by atoms with Crippen LogP contribution in [-0.4, -0.2) is 26.9 Å². The molecule has 0 unspecified atom stereocenters. The lowest BCUT2D eigenvalue weighted by Gasteiger charge is -2.09. The number of hydrogen-bond donors (Lipinski definition) is 0. The van der Waals surface area contributed by atoms with Gasteiger partial charge >= 0.3 is 0 Å². The maximum atomic E-state index is 13.1. The highest BCUT2D eigenvalue weighted by Gasteiger charge is 2.72. The third-order valence-electron chi connectivity index (χ3n) is 4.57. The first-order valence-electron chi connectivity index (χ1n) is 7.91. The van der Waals surface area contributed by atoms with Gasteiger partial charge in [-0.3, -0.25) is 0 Å². The van der Waals surface area contributed by atoms with Crippen molar-refractivity contribution >= 4 is 9.84 Å². The van der Waals surface area contributed by atoms with Crippen LogP contribution >= 0.6 is 0 Å². The second-order valence-corrected chi connectivity index (χ2v) is 8.03. The van der Waals surface area contributed by atoms with Crippen molar-refractivity contribution in [3.8, 4) is 6.07 Å². The molecule has 24 heavy (non-hydrogen) atoms. The van der Waals surface area contributed by atoms with Crippen LogP contribution in [-0.2, 0) is 14.6 Å². The number of nitrogens with zero attached hydrogens (tertiary/aromatic N) is 1. The van der Waals surface area contributed by atoms with Crippen molar-refractivity contribution < 1.29 is 13.2 Å². The zero-order valence-corrected chi connectivity index (χ0v) is 14.2. The molecule has 2 aromatic carbocycles. The van der Waals surface area contributed by atoms with E-state index in [0.717, 1.165) is 5.56 Å². The Bertz CT molecular complexity index is 843. The number of benzene rings is 2. The molecular formula is C19H19NO3S. The number of rotatable bonds is 6. The van der Waals surface area contributed by atoms with Crippen molar-refractivity contribution in [2.24, 2.45) is 5.41 Å². The lowest BCUT2D eigenvalue weighted by molar-refractivity contribution is 0.117. The zero-order chi connectivity index (χ0) is 17.2. The summed E-state index contributed by atoms with van der Waals surface area (Å²) in [6.45, 7) is 2.41. The Morgan fingerprint density at radius 1 is 1.08 bits per heavy atom. The summed E-state index contributed by atoms with van der Waals surface area (Å²) in [4.78, 5) is 0.254. The number of ether oxygens (including phenoxy) is 1. The monoisotopic (exact) mass is 341 g/mol. The first kappa shape index (κ1) is 16.7. The predicted octanol–water partition coefficient (Wildman–Crippen LogP) is 3.17. The summed E-state index contributed by atoms with van der Waals surface area (Å²) in [7, 11) is -3.62. The number of nitriles is 1. The first-order valence-corrected chi connectivity index (χ1v) is 9.45. The van der Waals surface area contributed by atoms with E-state index < -0.39 is 20.5 Å². The van der Waals surface area contributed by atoms with Gasteiger partial charge in [0.05, 0.1) is 22.8 Å². The van der Waals surface area contributed by atoms with Crippen molar-refractivity contribution in [3.05, 3.63) is 66.2 Å². The highest BCUT2D eigenvalue weighted by atomic mass is 32.2. The SMILES string of the molecule is CCOC[C@]1(C#N)[C@H](c2ccccc2)[C@H]1S(=O)(=O)c1ccccc1. The van der Waals surface area contributed by atoms with Gasteiger partial charge in [-0.2, -0.15) is 5.26 Å². The van der Waals surface area contributed by atoms with Gasteiger partial charge in [-0.1, -0.05) is 48.5 Å². The van der Waals surface area contributed by atoms with Crippen molar-refractivity contribution in [2.75, 3.05) is 13.2 Å². The quantitative estimate of drug-likeness (QED) is 0.809. The fourth-order valence-corrected chi connectivity index (χ4v) is 5.69. The van der Waals surface area contributed by atoms with Crippen LogP contribution in [0.25, 0.3) is 0 Å². The Kier molecular flexibility index (Phi) is 4.44. The summed E-state index contributed by atoms with van der Waals surface area (Å²) < 4.78 is 31.7. The molecule has 124 valence electrons. The smallest absolute Gasteiger partial charge is 0.183 e. The lowest BCUT2D eigenvalue weighted by atomic mass is 10.0. The van der Waals surface area contributed by atoms with E-state index in [1.165, 1.54) is 0 Å². The molecule has 2 aromatic rings. The van der Waals surface area contributed by atoms with E-state index in [0.29, 0.717) is 6.61 Å². The van der Waals surface area contributed by atoms with Crippen LogP contribution in [0, 0.1) is 16.7 Å². The molecule has 0 bridgehead atoms. The van der Waals surface area contributed by atoms with Gasteiger partial charge in [0.25, 0.3) is 0 Å². The molecule has 0 N–H and O–H groups in total. The fourth-order valence-electron chi connectivity index (χ4n) is 3.36. The molecule has 4 nitrogen and oxygen atoms in total. The molecule has 0 aromatic heterocycles. The fraction of sp³-hybridized carbons (Fsp3) is 0.316. The van der Waals surface area contributed by atoms with Gasteiger partial charge < -0.3 is 4.74 Å². The van der Waals surface area contributed by atoms with Crippen LogP contribution in [0.3, 0.4) is 0 Å². The molecule has 3 atom stereocenters. The van der Waals surface area contributed by atoms with Crippen molar-refractivity contribution in [1.29, 1.82) is 5.26 Å². The summed E-state index contributed by atoms with van der Waals surface area (Å²) in [5.74, 6) is -0.375. The minimum absolute atomic E-state index is 0.121. The van der Waals surface area contributed by atoms with Gasteiger partial charge in [-0.05, 0) is 24.6 Å². The molecule has 1 aliphatic rings. The molecule has 1 fully saturated rings. The second-order valence-electron chi connectivity index (χ2n) is 5.96. The second kappa shape index (κ2) is 6.39. The Labute approximate surface area is 142 Å². The van der Waals surface area contributed by atoms with Crippen LogP contribution in [0.5, 0.6) is 0 Å². The first-order chi connectivity index (χ1) is 11.6. The van der Waals surface area contributed by atoms with Crippen LogP contribution in [0.1, 0.15) is 18.4 Å². The van der Waals surface area contributed by atoms with Crippen LogP contribution in [0.15, 0.2) is 65.6 Å². The summed E-state index contributed by atoms with van der Waals surface area (Å²) >= 11 is 0.